The van der Waals surface area contributed by atoms with Crippen LogP contribution in [-0.4, -0.2) is 76.7 Å². The lowest BCUT2D eigenvalue weighted by Gasteiger charge is -2.35. The molecule has 0 radical (unpaired) electrons. The van der Waals surface area contributed by atoms with Crippen molar-refractivity contribution in [3.8, 4) is 16.9 Å². The highest BCUT2D eigenvalue weighted by Crippen LogP contribution is 2.33. The minimum atomic E-state index is -0.774. The van der Waals surface area contributed by atoms with Crippen LogP contribution in [0.15, 0.2) is 66.9 Å². The fourth-order valence-corrected chi connectivity index (χ4v) is 7.01. The molecule has 0 unspecified atom stereocenters. The molecule has 6 rings (SSSR count). The number of carbonyl (C=O) groups is 1. The zero-order valence-electron chi connectivity index (χ0n) is 25.6. The Morgan fingerprint density at radius 2 is 1.60 bits per heavy atom. The van der Waals surface area contributed by atoms with Crippen molar-refractivity contribution in [1.82, 2.24) is 25.0 Å². The molecule has 0 atom stereocenters. The predicted octanol–water partition coefficient (Wildman–Crippen LogP) is 5.23. The number of hydrogen-bond donors (Lipinski definition) is 4. The number of carbonyl (C=O) groups excluding carboxylic acids is 1. The number of phenolic OH excluding ortho intramolecular Hbond substituents is 1. The molecule has 3 heterocycles. The highest BCUT2D eigenvalue weighted by Gasteiger charge is 2.34. The summed E-state index contributed by atoms with van der Waals surface area (Å²) in [7, 11) is 0. The molecule has 2 fully saturated rings. The molecule has 238 valence electrons. The highest BCUT2D eigenvalue weighted by atomic mass is 35.5. The van der Waals surface area contributed by atoms with Crippen molar-refractivity contribution in [3.05, 3.63) is 88.0 Å². The van der Waals surface area contributed by atoms with Crippen LogP contribution in [0.1, 0.15) is 30.4 Å². The molecular weight excluding hydrogens is 607 g/mol. The van der Waals surface area contributed by atoms with Gasteiger partial charge in [-0.2, -0.15) is 0 Å². The molecule has 8 nitrogen and oxygen atoms in total. The van der Waals surface area contributed by atoms with Gasteiger partial charge in [-0.15, -0.1) is 0 Å². The Balaban J connectivity index is 1.12. The molecular formula is C35H42Cl2N6O2. The summed E-state index contributed by atoms with van der Waals surface area (Å²) in [5.41, 5.74) is 11.2. The second-order valence-corrected chi connectivity index (χ2v) is 13.2. The molecule has 2 aliphatic rings. The van der Waals surface area contributed by atoms with Crippen LogP contribution < -0.4 is 16.4 Å². The van der Waals surface area contributed by atoms with E-state index in [4.69, 9.17) is 28.9 Å². The van der Waals surface area contributed by atoms with Gasteiger partial charge in [0.05, 0.1) is 5.54 Å². The standard InChI is InChI=1S/C35H42Cl2N6O2/c36-31-3-1-4-32(37)30(31)23-42-19-17-41(18-20-42)22-25-5-10-33-28(21-25)29(26-6-8-27(44)9-7-26)24-43(33)16-2-13-40-34(45)35(38)11-14-39-15-12-35/h1,3-10,21,24,39,44H,2,11-20,22-23,38H2,(H,40,45). The van der Waals surface area contributed by atoms with Gasteiger partial charge in [-0.3, -0.25) is 14.6 Å². The molecule has 0 bridgehead atoms. The number of fused-ring (bicyclic) bond motifs is 1. The number of nitrogens with zero attached hydrogens (tertiary/aromatic N) is 3. The fraction of sp³-hybridized carbons (Fsp3) is 0.400. The van der Waals surface area contributed by atoms with Crippen molar-refractivity contribution in [3.63, 3.8) is 0 Å². The number of halogens is 2. The van der Waals surface area contributed by atoms with E-state index in [1.54, 1.807) is 12.1 Å². The van der Waals surface area contributed by atoms with Crippen LogP contribution >= 0.6 is 23.2 Å². The van der Waals surface area contributed by atoms with E-state index >= 15 is 0 Å². The smallest absolute Gasteiger partial charge is 0.240 e. The molecule has 2 aliphatic heterocycles. The van der Waals surface area contributed by atoms with Crippen molar-refractivity contribution in [2.24, 2.45) is 5.73 Å². The molecule has 45 heavy (non-hydrogen) atoms. The summed E-state index contributed by atoms with van der Waals surface area (Å²) in [6, 6.07) is 19.8. The average molecular weight is 650 g/mol. The lowest BCUT2D eigenvalue weighted by atomic mass is 9.88. The van der Waals surface area contributed by atoms with E-state index in [0.29, 0.717) is 19.4 Å². The number of aromatic nitrogens is 1. The summed E-state index contributed by atoms with van der Waals surface area (Å²) in [6.07, 6.45) is 4.31. The van der Waals surface area contributed by atoms with Crippen LogP contribution in [0.25, 0.3) is 22.0 Å². The van der Waals surface area contributed by atoms with E-state index in [1.807, 2.05) is 30.3 Å². The Morgan fingerprint density at radius 3 is 2.29 bits per heavy atom. The lowest BCUT2D eigenvalue weighted by Crippen LogP contribution is -2.59. The summed E-state index contributed by atoms with van der Waals surface area (Å²) >= 11 is 12.8. The summed E-state index contributed by atoms with van der Waals surface area (Å²) in [6.45, 7) is 8.38. The molecule has 1 amide bonds. The SMILES string of the molecule is NC1(C(=O)NCCCn2cc(-c3ccc(O)cc3)c3cc(CN4CCN(Cc5c(Cl)cccc5Cl)CC4)ccc32)CCNCC1. The van der Waals surface area contributed by atoms with Gasteiger partial charge >= 0.3 is 0 Å². The zero-order valence-corrected chi connectivity index (χ0v) is 27.1. The largest absolute Gasteiger partial charge is 0.508 e. The van der Waals surface area contributed by atoms with Crippen LogP contribution in [0.4, 0.5) is 0 Å². The number of aryl methyl sites for hydroxylation is 1. The first kappa shape index (κ1) is 31.9. The average Bonchev–Trinajstić information content (AvgIpc) is 3.40. The predicted molar refractivity (Wildman–Crippen MR) is 183 cm³/mol. The van der Waals surface area contributed by atoms with Gasteiger partial charge in [0.1, 0.15) is 5.75 Å². The van der Waals surface area contributed by atoms with E-state index in [-0.39, 0.29) is 11.7 Å². The summed E-state index contributed by atoms with van der Waals surface area (Å²) < 4.78 is 2.27. The van der Waals surface area contributed by atoms with E-state index in [0.717, 1.165) is 97.6 Å². The second-order valence-electron chi connectivity index (χ2n) is 12.4. The Kier molecular flexibility index (Phi) is 9.99. The number of aromatic hydroxyl groups is 1. The van der Waals surface area contributed by atoms with Gasteiger partial charge in [0, 0.05) is 90.6 Å². The first-order valence-electron chi connectivity index (χ1n) is 15.9. The normalized spacial score (nSPS) is 17.5. The zero-order chi connectivity index (χ0) is 31.4. The minimum Gasteiger partial charge on any atom is -0.508 e. The topological polar surface area (TPSA) is 98.8 Å². The van der Waals surface area contributed by atoms with Gasteiger partial charge in [-0.05, 0) is 79.9 Å². The molecule has 0 saturated carbocycles. The third kappa shape index (κ3) is 7.49. The number of amides is 1. The van der Waals surface area contributed by atoms with Crippen LogP contribution in [0.5, 0.6) is 5.75 Å². The van der Waals surface area contributed by atoms with Crippen molar-refractivity contribution < 1.29 is 9.90 Å². The monoisotopic (exact) mass is 648 g/mol. The number of nitrogens with two attached hydrogens (primary N) is 1. The number of nitrogens with one attached hydrogen (secondary N) is 2. The fourth-order valence-electron chi connectivity index (χ4n) is 6.50. The number of phenols is 1. The summed E-state index contributed by atoms with van der Waals surface area (Å²) in [5.74, 6) is 0.200. The van der Waals surface area contributed by atoms with Crippen LogP contribution in [0, 0.1) is 0 Å². The van der Waals surface area contributed by atoms with E-state index in [9.17, 15) is 9.90 Å². The van der Waals surface area contributed by atoms with Gasteiger partial charge in [0.15, 0.2) is 0 Å². The maximum atomic E-state index is 12.8. The molecule has 4 aromatic rings. The maximum Gasteiger partial charge on any atom is 0.240 e. The Labute approximate surface area is 275 Å². The Hall–Kier alpha value is -3.11. The van der Waals surface area contributed by atoms with Gasteiger partial charge in [0.25, 0.3) is 0 Å². The van der Waals surface area contributed by atoms with Gasteiger partial charge < -0.3 is 26.0 Å². The third-order valence-corrected chi connectivity index (χ3v) is 9.96. The number of piperidine rings is 1. The van der Waals surface area contributed by atoms with E-state index in [1.165, 1.54) is 10.9 Å². The lowest BCUT2D eigenvalue weighted by molar-refractivity contribution is -0.127. The van der Waals surface area contributed by atoms with E-state index < -0.39 is 5.54 Å². The molecule has 0 spiro atoms. The first-order valence-corrected chi connectivity index (χ1v) is 16.6. The van der Waals surface area contributed by atoms with Gasteiger partial charge in [-0.25, -0.2) is 0 Å². The number of benzene rings is 3. The maximum absolute atomic E-state index is 12.8. The number of hydrogen-bond acceptors (Lipinski definition) is 6. The number of rotatable bonds is 10. The first-order chi connectivity index (χ1) is 21.8. The minimum absolute atomic E-state index is 0.0516. The number of piperazine rings is 1. The second kappa shape index (κ2) is 14.1. The van der Waals surface area contributed by atoms with Crippen molar-refractivity contribution >= 4 is 40.0 Å². The summed E-state index contributed by atoms with van der Waals surface area (Å²) in [4.78, 5) is 17.7. The van der Waals surface area contributed by atoms with Crippen molar-refractivity contribution in [2.45, 2.75) is 44.4 Å². The molecule has 10 heteroatoms. The molecule has 2 saturated heterocycles. The highest BCUT2D eigenvalue weighted by molar-refractivity contribution is 6.36. The third-order valence-electron chi connectivity index (χ3n) is 9.25. The van der Waals surface area contributed by atoms with Crippen LogP contribution in [-0.2, 0) is 24.4 Å². The van der Waals surface area contributed by atoms with Gasteiger partial charge in [0.2, 0.25) is 5.91 Å². The molecule has 1 aromatic heterocycles. The van der Waals surface area contributed by atoms with E-state index in [2.05, 4.69) is 49.4 Å². The van der Waals surface area contributed by atoms with Crippen molar-refractivity contribution in [1.29, 1.82) is 0 Å². The van der Waals surface area contributed by atoms with Gasteiger partial charge in [-0.1, -0.05) is 47.5 Å². The van der Waals surface area contributed by atoms with Crippen molar-refractivity contribution in [2.75, 3.05) is 45.8 Å². The Bertz CT molecular complexity index is 1610. The molecule has 3 aromatic carbocycles. The van der Waals surface area contributed by atoms with Crippen LogP contribution in [0.2, 0.25) is 10.0 Å². The summed E-state index contributed by atoms with van der Waals surface area (Å²) in [5, 5.41) is 18.9. The quantitative estimate of drug-likeness (QED) is 0.176. The Morgan fingerprint density at radius 1 is 0.933 bits per heavy atom. The molecule has 0 aliphatic carbocycles. The molecule has 5 N–H and O–H groups in total. The van der Waals surface area contributed by atoms with Crippen LogP contribution in [0.3, 0.4) is 0 Å².